The number of phenols is 1. The number of amides is 1. The van der Waals surface area contributed by atoms with Crippen LogP contribution < -0.4 is 11.1 Å². The van der Waals surface area contributed by atoms with Crippen LogP contribution in [0.25, 0.3) is 0 Å². The van der Waals surface area contributed by atoms with E-state index in [4.69, 9.17) is 5.73 Å². The molecule has 0 heterocycles. The quantitative estimate of drug-likeness (QED) is 0.807. The molecule has 0 fully saturated rings. The number of hydrogen-bond acceptors (Lipinski definition) is 3. The molecule has 0 unspecified atom stereocenters. The van der Waals surface area contributed by atoms with Gasteiger partial charge in [0.1, 0.15) is 5.75 Å². The van der Waals surface area contributed by atoms with Gasteiger partial charge in [0.15, 0.2) is 0 Å². The van der Waals surface area contributed by atoms with E-state index in [1.165, 1.54) is 0 Å². The molecule has 110 valence electrons. The highest BCUT2D eigenvalue weighted by Gasteiger charge is 2.15. The summed E-state index contributed by atoms with van der Waals surface area (Å²) in [6.07, 6.45) is 0.428. The summed E-state index contributed by atoms with van der Waals surface area (Å²) in [6, 6.07) is 11.9. The number of nitrogens with two attached hydrogens (primary N) is 1. The summed E-state index contributed by atoms with van der Waals surface area (Å²) in [7, 11) is 0. The van der Waals surface area contributed by atoms with Gasteiger partial charge in [-0.3, -0.25) is 4.79 Å². The summed E-state index contributed by atoms with van der Waals surface area (Å²) < 4.78 is 0. The number of anilines is 1. The van der Waals surface area contributed by atoms with Crippen LogP contribution in [0.2, 0.25) is 0 Å². The summed E-state index contributed by atoms with van der Waals surface area (Å²) in [5, 5.41) is 12.1. The summed E-state index contributed by atoms with van der Waals surface area (Å²) >= 11 is 0. The number of hydrogen-bond donors (Lipinski definition) is 3. The molecule has 1 amide bonds. The molecule has 2 aromatic carbocycles. The molecule has 0 saturated carbocycles. The molecule has 0 aromatic heterocycles. The third-order valence-electron chi connectivity index (χ3n) is 3.37. The molecule has 4 N–H and O–H groups in total. The molecule has 4 heteroatoms. The van der Waals surface area contributed by atoms with E-state index in [9.17, 15) is 9.90 Å². The second-order valence-electron chi connectivity index (χ2n) is 5.28. The van der Waals surface area contributed by atoms with Crippen molar-refractivity contribution in [2.24, 2.45) is 5.73 Å². The summed E-state index contributed by atoms with van der Waals surface area (Å²) in [5.74, 6) is -0.0120. The van der Waals surface area contributed by atoms with Crippen LogP contribution in [0, 0.1) is 13.8 Å². The minimum absolute atomic E-state index is 0.201. The SMILES string of the molecule is Cc1ccc(NC(=O)[C@H](N)Cc2ccc(O)cc2)c(C)c1. The molecule has 0 saturated heterocycles. The molecule has 0 spiro atoms. The zero-order chi connectivity index (χ0) is 15.4. The van der Waals surface area contributed by atoms with E-state index in [-0.39, 0.29) is 11.7 Å². The van der Waals surface area contributed by atoms with E-state index < -0.39 is 6.04 Å². The smallest absolute Gasteiger partial charge is 0.241 e. The largest absolute Gasteiger partial charge is 0.508 e. The molecule has 0 aliphatic carbocycles. The molecular weight excluding hydrogens is 264 g/mol. The number of phenolic OH excluding ortho intramolecular Hbond substituents is 1. The van der Waals surface area contributed by atoms with Crippen LogP contribution in [0.4, 0.5) is 5.69 Å². The lowest BCUT2D eigenvalue weighted by molar-refractivity contribution is -0.117. The van der Waals surface area contributed by atoms with Gasteiger partial charge in [-0.1, -0.05) is 29.8 Å². The highest BCUT2D eigenvalue weighted by atomic mass is 16.3. The zero-order valence-corrected chi connectivity index (χ0v) is 12.3. The Kier molecular flexibility index (Phi) is 4.60. The maximum absolute atomic E-state index is 12.1. The van der Waals surface area contributed by atoms with Gasteiger partial charge in [0.05, 0.1) is 6.04 Å². The van der Waals surface area contributed by atoms with Crippen molar-refractivity contribution in [2.45, 2.75) is 26.3 Å². The number of carbonyl (C=O) groups is 1. The first-order valence-corrected chi connectivity index (χ1v) is 6.87. The Morgan fingerprint density at radius 2 is 1.86 bits per heavy atom. The van der Waals surface area contributed by atoms with Crippen molar-refractivity contribution in [1.82, 2.24) is 0 Å². The Labute approximate surface area is 124 Å². The van der Waals surface area contributed by atoms with Gasteiger partial charge in [-0.15, -0.1) is 0 Å². The maximum atomic E-state index is 12.1. The molecule has 0 radical (unpaired) electrons. The third kappa shape index (κ3) is 4.07. The van der Waals surface area contributed by atoms with Crippen molar-refractivity contribution < 1.29 is 9.90 Å². The highest BCUT2D eigenvalue weighted by molar-refractivity contribution is 5.95. The first-order valence-electron chi connectivity index (χ1n) is 6.87. The summed E-state index contributed by atoms with van der Waals surface area (Å²) in [6.45, 7) is 3.96. The van der Waals surface area contributed by atoms with Crippen LogP contribution in [0.5, 0.6) is 5.75 Å². The fourth-order valence-electron chi connectivity index (χ4n) is 2.16. The highest BCUT2D eigenvalue weighted by Crippen LogP contribution is 2.17. The number of aromatic hydroxyl groups is 1. The Bertz CT molecular complexity index is 636. The lowest BCUT2D eigenvalue weighted by Crippen LogP contribution is -2.37. The predicted octanol–water partition coefficient (Wildman–Crippen LogP) is 2.52. The standard InChI is InChI=1S/C17H20N2O2/c1-11-3-8-16(12(2)9-11)19-17(21)15(18)10-13-4-6-14(20)7-5-13/h3-9,15,20H,10,18H2,1-2H3,(H,19,21)/t15-/m1/s1. The van der Waals surface area contributed by atoms with Gasteiger partial charge in [0.2, 0.25) is 5.91 Å². The second kappa shape index (κ2) is 6.41. The molecule has 0 bridgehead atoms. The molecule has 2 rings (SSSR count). The fraction of sp³-hybridized carbons (Fsp3) is 0.235. The number of carbonyl (C=O) groups excluding carboxylic acids is 1. The van der Waals surface area contributed by atoms with E-state index in [1.54, 1.807) is 24.3 Å². The number of rotatable bonds is 4. The lowest BCUT2D eigenvalue weighted by Gasteiger charge is -2.14. The molecule has 4 nitrogen and oxygen atoms in total. The molecule has 0 aliphatic heterocycles. The summed E-state index contributed by atoms with van der Waals surface area (Å²) in [5.41, 5.74) is 9.80. The van der Waals surface area contributed by atoms with E-state index >= 15 is 0 Å². The van der Waals surface area contributed by atoms with Gasteiger partial charge in [0, 0.05) is 5.69 Å². The van der Waals surface area contributed by atoms with E-state index in [1.807, 2.05) is 32.0 Å². The lowest BCUT2D eigenvalue weighted by atomic mass is 10.1. The average molecular weight is 284 g/mol. The van der Waals surface area contributed by atoms with E-state index in [2.05, 4.69) is 5.32 Å². The van der Waals surface area contributed by atoms with Gasteiger partial charge in [-0.2, -0.15) is 0 Å². The first-order chi connectivity index (χ1) is 9.95. The van der Waals surface area contributed by atoms with Gasteiger partial charge in [-0.25, -0.2) is 0 Å². The van der Waals surface area contributed by atoms with Gasteiger partial charge < -0.3 is 16.2 Å². The van der Waals surface area contributed by atoms with Crippen molar-refractivity contribution in [2.75, 3.05) is 5.32 Å². The normalized spacial score (nSPS) is 12.0. The van der Waals surface area contributed by atoms with Gasteiger partial charge >= 0.3 is 0 Å². The van der Waals surface area contributed by atoms with Gasteiger partial charge in [0.25, 0.3) is 0 Å². The molecule has 2 aromatic rings. The van der Waals surface area contributed by atoms with Crippen LogP contribution in [0.3, 0.4) is 0 Å². The minimum Gasteiger partial charge on any atom is -0.508 e. The van der Waals surface area contributed by atoms with Crippen LogP contribution in [-0.4, -0.2) is 17.1 Å². The molecule has 0 aliphatic rings. The number of benzene rings is 2. The van der Waals surface area contributed by atoms with Crippen LogP contribution in [0.1, 0.15) is 16.7 Å². The van der Waals surface area contributed by atoms with E-state index in [0.29, 0.717) is 6.42 Å². The second-order valence-corrected chi connectivity index (χ2v) is 5.28. The first kappa shape index (κ1) is 15.1. The predicted molar refractivity (Wildman–Crippen MR) is 84.3 cm³/mol. The van der Waals surface area contributed by atoms with Crippen molar-refractivity contribution >= 4 is 11.6 Å². The van der Waals surface area contributed by atoms with Gasteiger partial charge in [-0.05, 0) is 49.6 Å². The zero-order valence-electron chi connectivity index (χ0n) is 12.3. The van der Waals surface area contributed by atoms with Crippen molar-refractivity contribution in [1.29, 1.82) is 0 Å². The molecule has 21 heavy (non-hydrogen) atoms. The van der Waals surface area contributed by atoms with Crippen LogP contribution in [0.15, 0.2) is 42.5 Å². The topological polar surface area (TPSA) is 75.4 Å². The average Bonchev–Trinajstić information content (AvgIpc) is 2.44. The fourth-order valence-corrected chi connectivity index (χ4v) is 2.16. The Morgan fingerprint density at radius 1 is 1.19 bits per heavy atom. The number of aryl methyl sites for hydroxylation is 2. The Morgan fingerprint density at radius 3 is 2.48 bits per heavy atom. The molecular formula is C17H20N2O2. The van der Waals surface area contributed by atoms with Crippen LogP contribution in [-0.2, 0) is 11.2 Å². The monoisotopic (exact) mass is 284 g/mol. The van der Waals surface area contributed by atoms with Crippen LogP contribution >= 0.6 is 0 Å². The number of nitrogens with one attached hydrogen (secondary N) is 1. The third-order valence-corrected chi connectivity index (χ3v) is 3.37. The Hall–Kier alpha value is -2.33. The molecule has 1 atom stereocenters. The van der Waals surface area contributed by atoms with Crippen molar-refractivity contribution in [3.05, 3.63) is 59.2 Å². The van der Waals surface area contributed by atoms with Crippen molar-refractivity contribution in [3.8, 4) is 5.75 Å². The maximum Gasteiger partial charge on any atom is 0.241 e. The Balaban J connectivity index is 2.00. The van der Waals surface area contributed by atoms with E-state index in [0.717, 1.165) is 22.4 Å². The van der Waals surface area contributed by atoms with Crippen molar-refractivity contribution in [3.63, 3.8) is 0 Å². The minimum atomic E-state index is -0.629. The summed E-state index contributed by atoms with van der Waals surface area (Å²) in [4.78, 5) is 12.1.